The normalized spacial score (nSPS) is 18.6. The minimum atomic E-state index is -1.85. The number of carbonyl (C=O) groups excluding carboxylic acids is 4. The first-order chi connectivity index (χ1) is 13.6. The van der Waals surface area contributed by atoms with Gasteiger partial charge in [0.15, 0.2) is 5.78 Å². The molecule has 0 saturated carbocycles. The van der Waals surface area contributed by atoms with E-state index in [1.165, 1.54) is 19.9 Å². The van der Waals surface area contributed by atoms with E-state index in [2.05, 4.69) is 10.6 Å². The molecule has 7 nitrogen and oxygen atoms in total. The van der Waals surface area contributed by atoms with E-state index in [9.17, 15) is 28.0 Å². The van der Waals surface area contributed by atoms with E-state index >= 15 is 0 Å². The topological polar surface area (TPSA) is 95.6 Å². The van der Waals surface area contributed by atoms with Gasteiger partial charge in [-0.15, -0.1) is 0 Å². The van der Waals surface area contributed by atoms with E-state index in [0.29, 0.717) is 16.2 Å². The quantitative estimate of drug-likeness (QED) is 0.595. The number of anilines is 1. The molecule has 1 aliphatic rings. The third kappa shape index (κ3) is 3.84. The molecule has 1 fully saturated rings. The number of rotatable bonds is 5. The summed E-state index contributed by atoms with van der Waals surface area (Å²) in [5.74, 6) is -3.41. The highest BCUT2D eigenvalue weighted by Gasteiger charge is 2.50. The van der Waals surface area contributed by atoms with Gasteiger partial charge in [-0.2, -0.15) is 0 Å². The summed E-state index contributed by atoms with van der Waals surface area (Å²) in [6.45, 7) is 1.97. The van der Waals surface area contributed by atoms with Crippen molar-refractivity contribution in [2.45, 2.75) is 19.4 Å². The minimum absolute atomic E-state index is 0.192. The molecule has 150 valence electrons. The Morgan fingerprint density at radius 2 is 1.86 bits per heavy atom. The molecule has 29 heavy (non-hydrogen) atoms. The molecule has 1 aliphatic heterocycles. The van der Waals surface area contributed by atoms with Crippen molar-refractivity contribution < 1.29 is 28.0 Å². The van der Waals surface area contributed by atoms with Crippen LogP contribution in [0.1, 0.15) is 29.8 Å². The molecular weight excluding hydrogens is 384 g/mol. The lowest BCUT2D eigenvalue weighted by molar-refractivity contribution is -0.133. The van der Waals surface area contributed by atoms with E-state index in [1.54, 1.807) is 18.2 Å². The fourth-order valence-corrected chi connectivity index (χ4v) is 3.06. The number of hydrogen-bond donors (Lipinski definition) is 2. The van der Waals surface area contributed by atoms with Crippen LogP contribution in [0.2, 0.25) is 0 Å². The van der Waals surface area contributed by atoms with E-state index in [4.69, 9.17) is 0 Å². The SMILES string of the molecule is CC(=O)c1cccc(NC(=O)CN2C(=O)N[C@](C)(c3cc(F)ccc3F)C2=O)c1. The Balaban J connectivity index is 1.78. The highest BCUT2D eigenvalue weighted by atomic mass is 19.1. The van der Waals surface area contributed by atoms with Gasteiger partial charge < -0.3 is 10.6 Å². The smallest absolute Gasteiger partial charge is 0.325 e. The summed E-state index contributed by atoms with van der Waals surface area (Å²) < 4.78 is 27.7. The summed E-state index contributed by atoms with van der Waals surface area (Å²) in [4.78, 5) is 49.4. The minimum Gasteiger partial charge on any atom is -0.325 e. The fraction of sp³-hybridized carbons (Fsp3) is 0.200. The zero-order valence-electron chi connectivity index (χ0n) is 15.6. The molecule has 3 rings (SSSR count). The maximum Gasteiger partial charge on any atom is 0.325 e. The van der Waals surface area contributed by atoms with Gasteiger partial charge in [-0.05, 0) is 44.2 Å². The lowest BCUT2D eigenvalue weighted by Crippen LogP contribution is -2.42. The molecule has 4 amide bonds. The van der Waals surface area contributed by atoms with Gasteiger partial charge in [0.1, 0.15) is 23.7 Å². The van der Waals surface area contributed by atoms with Crippen molar-refractivity contribution in [1.82, 2.24) is 10.2 Å². The lowest BCUT2D eigenvalue weighted by atomic mass is 9.91. The van der Waals surface area contributed by atoms with Crippen LogP contribution in [-0.4, -0.2) is 35.1 Å². The third-order valence-corrected chi connectivity index (χ3v) is 4.60. The number of nitrogens with one attached hydrogen (secondary N) is 2. The van der Waals surface area contributed by atoms with Crippen LogP contribution in [0.4, 0.5) is 19.3 Å². The summed E-state index contributed by atoms with van der Waals surface area (Å²) in [7, 11) is 0. The van der Waals surface area contributed by atoms with Gasteiger partial charge in [-0.1, -0.05) is 12.1 Å². The molecule has 1 heterocycles. The van der Waals surface area contributed by atoms with Crippen molar-refractivity contribution in [1.29, 1.82) is 0 Å². The van der Waals surface area contributed by atoms with Gasteiger partial charge in [-0.3, -0.25) is 19.3 Å². The summed E-state index contributed by atoms with van der Waals surface area (Å²) in [5, 5.41) is 4.81. The number of imide groups is 1. The predicted molar refractivity (Wildman–Crippen MR) is 99.0 cm³/mol. The number of halogens is 2. The number of Topliss-reactive ketones (excluding diaryl/α,β-unsaturated/α-hetero) is 1. The van der Waals surface area contributed by atoms with E-state index in [0.717, 1.165) is 18.2 Å². The molecule has 0 aliphatic carbocycles. The van der Waals surface area contributed by atoms with Crippen LogP contribution in [0, 0.1) is 11.6 Å². The van der Waals surface area contributed by atoms with Crippen molar-refractivity contribution in [2.75, 3.05) is 11.9 Å². The van der Waals surface area contributed by atoms with Crippen LogP contribution in [0.25, 0.3) is 0 Å². The first kappa shape index (κ1) is 20.1. The number of ketones is 1. The van der Waals surface area contributed by atoms with E-state index in [1.807, 2.05) is 0 Å². The molecule has 0 bridgehead atoms. The van der Waals surface area contributed by atoms with Crippen LogP contribution in [0.3, 0.4) is 0 Å². The van der Waals surface area contributed by atoms with Crippen LogP contribution in [-0.2, 0) is 15.1 Å². The number of benzene rings is 2. The molecule has 1 atom stereocenters. The van der Waals surface area contributed by atoms with E-state index < -0.39 is 41.6 Å². The number of hydrogen-bond acceptors (Lipinski definition) is 4. The Hall–Kier alpha value is -3.62. The van der Waals surface area contributed by atoms with Crippen molar-refractivity contribution in [2.24, 2.45) is 0 Å². The summed E-state index contributed by atoms with van der Waals surface area (Å²) >= 11 is 0. The van der Waals surface area contributed by atoms with Crippen molar-refractivity contribution in [3.63, 3.8) is 0 Å². The first-order valence-corrected chi connectivity index (χ1v) is 8.62. The molecule has 0 radical (unpaired) electrons. The molecule has 0 aromatic heterocycles. The molecule has 0 unspecified atom stereocenters. The second-order valence-electron chi connectivity index (χ2n) is 6.76. The number of urea groups is 1. The molecule has 9 heteroatoms. The van der Waals surface area contributed by atoms with Crippen LogP contribution >= 0.6 is 0 Å². The van der Waals surface area contributed by atoms with Crippen molar-refractivity contribution >= 4 is 29.3 Å². The summed E-state index contributed by atoms with van der Waals surface area (Å²) in [5.41, 5.74) is -1.49. The molecule has 0 spiro atoms. The fourth-order valence-electron chi connectivity index (χ4n) is 3.06. The molecule has 2 aromatic rings. The Morgan fingerprint density at radius 3 is 2.55 bits per heavy atom. The second kappa shape index (κ2) is 7.42. The van der Waals surface area contributed by atoms with Gasteiger partial charge in [0.05, 0.1) is 0 Å². The third-order valence-electron chi connectivity index (χ3n) is 4.60. The summed E-state index contributed by atoms with van der Waals surface area (Å²) in [6, 6.07) is 7.81. The first-order valence-electron chi connectivity index (χ1n) is 8.62. The average molecular weight is 401 g/mol. The molecule has 2 N–H and O–H groups in total. The Labute approximate surface area is 164 Å². The highest BCUT2D eigenvalue weighted by Crippen LogP contribution is 2.31. The maximum atomic E-state index is 14.2. The number of amides is 4. The van der Waals surface area contributed by atoms with Crippen LogP contribution in [0.5, 0.6) is 0 Å². The van der Waals surface area contributed by atoms with Crippen LogP contribution in [0.15, 0.2) is 42.5 Å². The van der Waals surface area contributed by atoms with Gasteiger partial charge >= 0.3 is 6.03 Å². The van der Waals surface area contributed by atoms with Gasteiger partial charge in [-0.25, -0.2) is 13.6 Å². The number of nitrogens with zero attached hydrogens (tertiary/aromatic N) is 1. The lowest BCUT2D eigenvalue weighted by Gasteiger charge is -2.22. The zero-order chi connectivity index (χ0) is 21.3. The summed E-state index contributed by atoms with van der Waals surface area (Å²) in [6.07, 6.45) is 0. The Morgan fingerprint density at radius 1 is 1.14 bits per heavy atom. The molecule has 2 aromatic carbocycles. The maximum absolute atomic E-state index is 14.2. The zero-order valence-corrected chi connectivity index (χ0v) is 15.6. The second-order valence-corrected chi connectivity index (χ2v) is 6.76. The predicted octanol–water partition coefficient (Wildman–Crippen LogP) is 2.57. The monoisotopic (exact) mass is 401 g/mol. The number of carbonyl (C=O) groups is 4. The molecular formula is C20H17F2N3O4. The molecule has 1 saturated heterocycles. The largest absolute Gasteiger partial charge is 0.325 e. The van der Waals surface area contributed by atoms with E-state index in [-0.39, 0.29) is 11.3 Å². The highest BCUT2D eigenvalue weighted by molar-refractivity contribution is 6.10. The standard InChI is InChI=1S/C20H17F2N3O4/c1-11(26)12-4-3-5-14(8-12)23-17(27)10-25-18(28)20(2,24-19(25)29)15-9-13(21)6-7-16(15)22/h3-9H,10H2,1-2H3,(H,23,27)(H,24,29)/t20-/m1/s1. The van der Waals surface area contributed by atoms with Gasteiger partial charge in [0.2, 0.25) is 5.91 Å². The van der Waals surface area contributed by atoms with Gasteiger partial charge in [0, 0.05) is 16.8 Å². The van der Waals surface area contributed by atoms with Crippen molar-refractivity contribution in [3.05, 3.63) is 65.2 Å². The van der Waals surface area contributed by atoms with Gasteiger partial charge in [0.25, 0.3) is 5.91 Å². The Kier molecular flexibility index (Phi) is 5.15. The van der Waals surface area contributed by atoms with Crippen molar-refractivity contribution in [3.8, 4) is 0 Å². The Bertz CT molecular complexity index is 1040. The van der Waals surface area contributed by atoms with Crippen LogP contribution < -0.4 is 10.6 Å². The average Bonchev–Trinajstić information content (AvgIpc) is 2.87.